The van der Waals surface area contributed by atoms with Crippen LogP contribution in [0.3, 0.4) is 0 Å². The van der Waals surface area contributed by atoms with Gasteiger partial charge >= 0.3 is 0 Å². The summed E-state index contributed by atoms with van der Waals surface area (Å²) >= 11 is 5.16. The third kappa shape index (κ3) is 2.32. The molecular weight excluding hydrogens is 300 g/mol. The molecule has 0 aliphatic carbocycles. The number of anilines is 1. The van der Waals surface area contributed by atoms with Crippen LogP contribution in [0.25, 0.3) is 10.2 Å². The maximum absolute atomic E-state index is 5.43. The van der Waals surface area contributed by atoms with E-state index in [1.54, 1.807) is 11.3 Å². The smallest absolute Gasteiger partial charge is 0.184 e. The van der Waals surface area contributed by atoms with Gasteiger partial charge in [0, 0.05) is 11.1 Å². The van der Waals surface area contributed by atoms with Crippen molar-refractivity contribution in [3.05, 3.63) is 22.7 Å². The van der Waals surface area contributed by atoms with Gasteiger partial charge < -0.3 is 10.1 Å². The zero-order valence-corrected chi connectivity index (χ0v) is 11.9. The summed E-state index contributed by atoms with van der Waals surface area (Å²) < 4.78 is 7.71. The van der Waals surface area contributed by atoms with Gasteiger partial charge in [-0.05, 0) is 31.5 Å². The quantitative estimate of drug-likeness (QED) is 0.919. The molecular formula is C12H13BrN2OS. The highest BCUT2D eigenvalue weighted by molar-refractivity contribution is 9.10. The van der Waals surface area contributed by atoms with Crippen LogP contribution >= 0.6 is 27.3 Å². The number of rotatable bonds is 2. The largest absolute Gasteiger partial charge is 0.379 e. The second-order valence-electron chi connectivity index (χ2n) is 4.62. The number of nitrogens with one attached hydrogen (secondary N) is 1. The molecule has 2 heterocycles. The van der Waals surface area contributed by atoms with Gasteiger partial charge in [-0.15, -0.1) is 0 Å². The van der Waals surface area contributed by atoms with Crippen LogP contribution in [0.15, 0.2) is 22.7 Å². The number of fused-ring (bicyclic) bond motifs is 1. The standard InChI is InChI=1S/C12H13BrN2OS/c1-12(4-5-16-7-12)15-11-14-9-6-8(13)2-3-10(9)17-11/h2-3,6H,4-5,7H2,1H3,(H,14,15). The predicted octanol–water partition coefficient (Wildman–Crippen LogP) is 3.65. The lowest BCUT2D eigenvalue weighted by molar-refractivity contribution is 0.185. The van der Waals surface area contributed by atoms with Crippen molar-refractivity contribution in [1.82, 2.24) is 4.98 Å². The first kappa shape index (κ1) is 11.4. The zero-order chi connectivity index (χ0) is 11.9. The molecule has 17 heavy (non-hydrogen) atoms. The fourth-order valence-corrected chi connectivity index (χ4v) is 3.32. The second-order valence-corrected chi connectivity index (χ2v) is 6.57. The Morgan fingerprint density at radius 3 is 3.18 bits per heavy atom. The van der Waals surface area contributed by atoms with Crippen molar-refractivity contribution < 1.29 is 4.74 Å². The summed E-state index contributed by atoms with van der Waals surface area (Å²) in [4.78, 5) is 4.60. The van der Waals surface area contributed by atoms with E-state index in [1.807, 2.05) is 12.1 Å². The van der Waals surface area contributed by atoms with Crippen LogP contribution < -0.4 is 5.32 Å². The van der Waals surface area contributed by atoms with E-state index in [0.29, 0.717) is 0 Å². The van der Waals surface area contributed by atoms with Gasteiger partial charge in [0.15, 0.2) is 5.13 Å². The lowest BCUT2D eigenvalue weighted by Gasteiger charge is -2.22. The molecule has 0 saturated carbocycles. The second kappa shape index (κ2) is 4.23. The van der Waals surface area contributed by atoms with Gasteiger partial charge in [0.1, 0.15) is 0 Å². The van der Waals surface area contributed by atoms with Crippen LogP contribution in [0, 0.1) is 0 Å². The molecule has 2 aromatic rings. The van der Waals surface area contributed by atoms with Gasteiger partial charge in [-0.1, -0.05) is 27.3 Å². The number of benzene rings is 1. The number of ether oxygens (including phenoxy) is 1. The minimum absolute atomic E-state index is 0.0328. The van der Waals surface area contributed by atoms with Crippen molar-refractivity contribution in [3.63, 3.8) is 0 Å². The first-order valence-corrected chi connectivity index (χ1v) is 7.18. The highest BCUT2D eigenvalue weighted by Crippen LogP contribution is 2.31. The van der Waals surface area contributed by atoms with E-state index in [-0.39, 0.29) is 5.54 Å². The molecule has 1 aliphatic rings. The first-order chi connectivity index (χ1) is 8.15. The molecule has 1 aliphatic heterocycles. The average Bonchev–Trinajstić information content (AvgIpc) is 2.84. The molecule has 1 atom stereocenters. The van der Waals surface area contributed by atoms with Gasteiger partial charge in [-0.3, -0.25) is 0 Å². The SMILES string of the molecule is CC1(Nc2nc3cc(Br)ccc3s2)CCOC1. The van der Waals surface area contributed by atoms with Crippen molar-refractivity contribution in [2.75, 3.05) is 18.5 Å². The fraction of sp³-hybridized carbons (Fsp3) is 0.417. The number of thiazole rings is 1. The summed E-state index contributed by atoms with van der Waals surface area (Å²) in [6.07, 6.45) is 1.03. The molecule has 1 unspecified atom stereocenters. The van der Waals surface area contributed by atoms with Gasteiger partial charge in [0.2, 0.25) is 0 Å². The molecule has 0 spiro atoms. The summed E-state index contributed by atoms with van der Waals surface area (Å²) in [7, 11) is 0. The van der Waals surface area contributed by atoms with Crippen molar-refractivity contribution >= 4 is 42.6 Å². The molecule has 0 bridgehead atoms. The van der Waals surface area contributed by atoms with E-state index in [4.69, 9.17) is 4.74 Å². The van der Waals surface area contributed by atoms with E-state index in [0.717, 1.165) is 34.8 Å². The van der Waals surface area contributed by atoms with Crippen LogP contribution in [-0.4, -0.2) is 23.7 Å². The molecule has 1 aromatic carbocycles. The Morgan fingerprint density at radius 2 is 2.41 bits per heavy atom. The highest BCUT2D eigenvalue weighted by Gasteiger charge is 2.30. The van der Waals surface area contributed by atoms with Crippen molar-refractivity contribution in [1.29, 1.82) is 0 Å². The Morgan fingerprint density at radius 1 is 1.53 bits per heavy atom. The molecule has 5 heteroatoms. The van der Waals surface area contributed by atoms with Crippen molar-refractivity contribution in [2.24, 2.45) is 0 Å². The Kier molecular flexibility index (Phi) is 2.84. The third-order valence-electron chi connectivity index (χ3n) is 2.98. The maximum atomic E-state index is 5.43. The summed E-state index contributed by atoms with van der Waals surface area (Å²) in [5.41, 5.74) is 1.07. The molecule has 3 nitrogen and oxygen atoms in total. The Labute approximate surface area is 112 Å². The van der Waals surface area contributed by atoms with E-state index in [9.17, 15) is 0 Å². The molecule has 1 N–H and O–H groups in total. The normalized spacial score (nSPS) is 24.4. The third-order valence-corrected chi connectivity index (χ3v) is 4.42. The molecule has 3 rings (SSSR count). The molecule has 1 fully saturated rings. The maximum Gasteiger partial charge on any atom is 0.184 e. The van der Waals surface area contributed by atoms with E-state index in [2.05, 4.69) is 39.2 Å². The van der Waals surface area contributed by atoms with Crippen molar-refractivity contribution in [3.8, 4) is 0 Å². The minimum Gasteiger partial charge on any atom is -0.379 e. The predicted molar refractivity (Wildman–Crippen MR) is 74.8 cm³/mol. The van der Waals surface area contributed by atoms with Gasteiger partial charge in [-0.2, -0.15) is 0 Å². The number of hydrogen-bond acceptors (Lipinski definition) is 4. The lowest BCUT2D eigenvalue weighted by Crippen LogP contribution is -2.34. The molecule has 0 amide bonds. The lowest BCUT2D eigenvalue weighted by atomic mass is 10.0. The summed E-state index contributed by atoms with van der Waals surface area (Å²) in [5.74, 6) is 0. The first-order valence-electron chi connectivity index (χ1n) is 5.57. The molecule has 90 valence electrons. The van der Waals surface area contributed by atoms with Crippen molar-refractivity contribution in [2.45, 2.75) is 18.9 Å². The van der Waals surface area contributed by atoms with Crippen LogP contribution in [0.2, 0.25) is 0 Å². The van der Waals surface area contributed by atoms with Crippen LogP contribution in [-0.2, 0) is 4.74 Å². The van der Waals surface area contributed by atoms with Gasteiger partial charge in [0.05, 0.1) is 22.4 Å². The van der Waals surface area contributed by atoms with E-state index >= 15 is 0 Å². The zero-order valence-electron chi connectivity index (χ0n) is 9.50. The van der Waals surface area contributed by atoms with E-state index < -0.39 is 0 Å². The summed E-state index contributed by atoms with van der Waals surface area (Å²) in [5, 5.41) is 4.47. The number of halogens is 1. The fourth-order valence-electron chi connectivity index (χ4n) is 1.98. The summed E-state index contributed by atoms with van der Waals surface area (Å²) in [6, 6.07) is 6.19. The molecule has 0 radical (unpaired) electrons. The number of aromatic nitrogens is 1. The summed E-state index contributed by atoms with van der Waals surface area (Å²) in [6.45, 7) is 3.77. The Balaban J connectivity index is 1.90. The monoisotopic (exact) mass is 312 g/mol. The molecule has 1 saturated heterocycles. The van der Waals surface area contributed by atoms with Gasteiger partial charge in [-0.25, -0.2) is 4.98 Å². The van der Waals surface area contributed by atoms with Crippen LogP contribution in [0.1, 0.15) is 13.3 Å². The highest BCUT2D eigenvalue weighted by atomic mass is 79.9. The Bertz CT molecular complexity index is 548. The van der Waals surface area contributed by atoms with E-state index in [1.165, 1.54) is 4.70 Å². The molecule has 1 aromatic heterocycles. The number of nitrogens with zero attached hydrogens (tertiary/aromatic N) is 1. The van der Waals surface area contributed by atoms with Gasteiger partial charge in [0.25, 0.3) is 0 Å². The van der Waals surface area contributed by atoms with Crippen LogP contribution in [0.4, 0.5) is 5.13 Å². The Hall–Kier alpha value is -0.650. The minimum atomic E-state index is 0.0328. The average molecular weight is 313 g/mol. The number of hydrogen-bond donors (Lipinski definition) is 1. The van der Waals surface area contributed by atoms with Crippen LogP contribution in [0.5, 0.6) is 0 Å². The topological polar surface area (TPSA) is 34.2 Å².